The molecule has 1 amide bonds. The number of nitrogens with one attached hydrogen (secondary N) is 1. The number of hydrazone groups is 1. The molecule has 1 N–H and O–H groups in total. The highest BCUT2D eigenvalue weighted by molar-refractivity contribution is 5.94. The summed E-state index contributed by atoms with van der Waals surface area (Å²) in [5, 5.41) is 6.57. The number of anilines is 1. The molecule has 5 aromatic carbocycles. The quantitative estimate of drug-likeness (QED) is 0.167. The lowest BCUT2D eigenvalue weighted by Gasteiger charge is -2.36. The van der Waals surface area contributed by atoms with E-state index in [4.69, 9.17) is 4.74 Å². The molecular weight excluding hydrogens is 520 g/mol. The number of piperazine rings is 1. The lowest BCUT2D eigenvalue weighted by Crippen LogP contribution is -2.45. The van der Waals surface area contributed by atoms with Crippen molar-refractivity contribution in [2.75, 3.05) is 31.1 Å². The van der Waals surface area contributed by atoms with Gasteiger partial charge >= 0.3 is 0 Å². The maximum absolute atomic E-state index is 12.6. The lowest BCUT2D eigenvalue weighted by molar-refractivity contribution is 0.0955. The van der Waals surface area contributed by atoms with Gasteiger partial charge in [0.2, 0.25) is 0 Å². The summed E-state index contributed by atoms with van der Waals surface area (Å²) in [5.74, 6) is 0.548. The Morgan fingerprint density at radius 3 is 2.19 bits per heavy atom. The van der Waals surface area contributed by atoms with Gasteiger partial charge in [-0.1, -0.05) is 66.7 Å². The zero-order chi connectivity index (χ0) is 28.6. The van der Waals surface area contributed by atoms with Gasteiger partial charge in [-0.25, -0.2) is 5.43 Å². The highest BCUT2D eigenvalue weighted by atomic mass is 16.5. The molecule has 5 aromatic rings. The van der Waals surface area contributed by atoms with Crippen molar-refractivity contribution in [2.24, 2.45) is 5.10 Å². The number of benzene rings is 5. The fraction of sp³-hybridized carbons (Fsp3) is 0.167. The number of para-hydroxylation sites is 1. The SMILES string of the molecule is O=C(N/N=C\c1ccc(OCc2ccc3ccccc3c2)cc1)c1ccc(CN2CCN(c3ccccc3)CC2)cc1. The Kier molecular flexibility index (Phi) is 8.53. The second-order valence-corrected chi connectivity index (χ2v) is 10.5. The predicted molar refractivity (Wildman–Crippen MR) is 170 cm³/mol. The molecule has 6 nitrogen and oxygen atoms in total. The molecule has 0 radical (unpaired) electrons. The standard InChI is InChI=1S/C36H34N4O2/c41-36(32-16-10-29(11-17-32)26-39-20-22-40(23-21-39)34-8-2-1-3-9-34)38-37-25-28-13-18-35(19-14-28)42-27-30-12-15-31-6-4-5-7-33(31)24-30/h1-19,24-25H,20-23,26-27H2,(H,38,41)/b37-25-. The zero-order valence-corrected chi connectivity index (χ0v) is 23.5. The van der Waals surface area contributed by atoms with Gasteiger partial charge in [-0.05, 0) is 82.1 Å². The van der Waals surface area contributed by atoms with Crippen molar-refractivity contribution < 1.29 is 9.53 Å². The summed E-state index contributed by atoms with van der Waals surface area (Å²) < 4.78 is 5.96. The second kappa shape index (κ2) is 13.1. The number of carbonyl (C=O) groups excluding carboxylic acids is 1. The van der Waals surface area contributed by atoms with E-state index in [1.807, 2.05) is 60.7 Å². The minimum Gasteiger partial charge on any atom is -0.489 e. The first-order chi connectivity index (χ1) is 20.7. The van der Waals surface area contributed by atoms with E-state index in [1.165, 1.54) is 22.0 Å². The number of hydrogen-bond donors (Lipinski definition) is 1. The van der Waals surface area contributed by atoms with Crippen LogP contribution in [-0.4, -0.2) is 43.2 Å². The first kappa shape index (κ1) is 27.2. The molecule has 1 fully saturated rings. The summed E-state index contributed by atoms with van der Waals surface area (Å²) in [6.45, 7) is 5.45. The van der Waals surface area contributed by atoms with Gasteiger partial charge in [0.05, 0.1) is 6.21 Å². The lowest BCUT2D eigenvalue weighted by atomic mass is 10.1. The highest BCUT2D eigenvalue weighted by Gasteiger charge is 2.17. The van der Waals surface area contributed by atoms with E-state index in [0.717, 1.165) is 49.6 Å². The van der Waals surface area contributed by atoms with Crippen LogP contribution in [0.3, 0.4) is 0 Å². The van der Waals surface area contributed by atoms with E-state index in [0.29, 0.717) is 12.2 Å². The van der Waals surface area contributed by atoms with Gasteiger partial charge in [0.1, 0.15) is 12.4 Å². The van der Waals surface area contributed by atoms with E-state index in [-0.39, 0.29) is 5.91 Å². The van der Waals surface area contributed by atoms with E-state index < -0.39 is 0 Å². The molecule has 1 heterocycles. The van der Waals surface area contributed by atoms with Gasteiger partial charge in [-0.2, -0.15) is 5.10 Å². The van der Waals surface area contributed by atoms with Crippen LogP contribution in [0.25, 0.3) is 10.8 Å². The molecule has 0 atom stereocenters. The molecule has 0 bridgehead atoms. The van der Waals surface area contributed by atoms with Crippen molar-refractivity contribution in [3.8, 4) is 5.75 Å². The Hall–Kier alpha value is -4.94. The summed E-state index contributed by atoms with van der Waals surface area (Å²) in [4.78, 5) is 17.5. The van der Waals surface area contributed by atoms with Crippen LogP contribution in [-0.2, 0) is 13.2 Å². The molecule has 6 heteroatoms. The first-order valence-corrected chi connectivity index (χ1v) is 14.3. The van der Waals surface area contributed by atoms with Crippen molar-refractivity contribution in [3.05, 3.63) is 144 Å². The topological polar surface area (TPSA) is 57.2 Å². The van der Waals surface area contributed by atoms with Crippen LogP contribution >= 0.6 is 0 Å². The molecule has 6 rings (SSSR count). The van der Waals surface area contributed by atoms with Crippen LogP contribution in [0.5, 0.6) is 5.75 Å². The number of fused-ring (bicyclic) bond motifs is 1. The molecular formula is C36H34N4O2. The number of hydrogen-bond acceptors (Lipinski definition) is 5. The molecule has 0 unspecified atom stereocenters. The van der Waals surface area contributed by atoms with E-state index in [2.05, 4.69) is 81.0 Å². The largest absolute Gasteiger partial charge is 0.489 e. The molecule has 0 aromatic heterocycles. The maximum Gasteiger partial charge on any atom is 0.271 e. The summed E-state index contributed by atoms with van der Waals surface area (Å²) >= 11 is 0. The summed E-state index contributed by atoms with van der Waals surface area (Å²) in [6.07, 6.45) is 1.63. The van der Waals surface area contributed by atoms with Crippen LogP contribution in [0, 0.1) is 0 Å². The third-order valence-corrected chi connectivity index (χ3v) is 7.60. The number of ether oxygens (including phenoxy) is 1. The van der Waals surface area contributed by atoms with Crippen LogP contribution in [0.15, 0.2) is 126 Å². The molecule has 0 aliphatic carbocycles. The maximum atomic E-state index is 12.6. The Morgan fingerprint density at radius 2 is 1.43 bits per heavy atom. The molecule has 1 aliphatic rings. The summed E-state index contributed by atoms with van der Waals surface area (Å²) in [5.41, 5.74) is 7.69. The monoisotopic (exact) mass is 554 g/mol. The average Bonchev–Trinajstić information content (AvgIpc) is 3.05. The highest BCUT2D eigenvalue weighted by Crippen LogP contribution is 2.19. The fourth-order valence-corrected chi connectivity index (χ4v) is 5.20. The number of amides is 1. The van der Waals surface area contributed by atoms with Gasteiger partial charge in [0.15, 0.2) is 0 Å². The Morgan fingerprint density at radius 1 is 0.738 bits per heavy atom. The van der Waals surface area contributed by atoms with Crippen molar-refractivity contribution in [3.63, 3.8) is 0 Å². The third-order valence-electron chi connectivity index (χ3n) is 7.60. The number of rotatable bonds is 9. The Bertz CT molecular complexity index is 1640. The van der Waals surface area contributed by atoms with Gasteiger partial charge in [0.25, 0.3) is 5.91 Å². The zero-order valence-electron chi connectivity index (χ0n) is 23.5. The van der Waals surface area contributed by atoms with Crippen LogP contribution in [0.4, 0.5) is 5.69 Å². The minimum absolute atomic E-state index is 0.232. The molecule has 1 aliphatic heterocycles. The summed E-state index contributed by atoms with van der Waals surface area (Å²) in [7, 11) is 0. The molecule has 42 heavy (non-hydrogen) atoms. The normalized spacial score (nSPS) is 13.9. The van der Waals surface area contributed by atoms with Crippen LogP contribution in [0.1, 0.15) is 27.0 Å². The van der Waals surface area contributed by atoms with Crippen molar-refractivity contribution in [1.29, 1.82) is 0 Å². The fourth-order valence-electron chi connectivity index (χ4n) is 5.20. The predicted octanol–water partition coefficient (Wildman–Crippen LogP) is 6.50. The van der Waals surface area contributed by atoms with Gasteiger partial charge in [-0.15, -0.1) is 0 Å². The Labute approximate surface area is 246 Å². The van der Waals surface area contributed by atoms with E-state index in [1.54, 1.807) is 6.21 Å². The Balaban J connectivity index is 0.942. The van der Waals surface area contributed by atoms with Crippen molar-refractivity contribution >= 4 is 28.6 Å². The van der Waals surface area contributed by atoms with Crippen molar-refractivity contribution in [1.82, 2.24) is 10.3 Å². The minimum atomic E-state index is -0.232. The summed E-state index contributed by atoms with van der Waals surface area (Å²) in [6, 6.07) is 40.7. The second-order valence-electron chi connectivity index (χ2n) is 10.5. The molecule has 0 spiro atoms. The van der Waals surface area contributed by atoms with Crippen LogP contribution < -0.4 is 15.1 Å². The molecule has 1 saturated heterocycles. The number of nitrogens with zero attached hydrogens (tertiary/aromatic N) is 3. The van der Waals surface area contributed by atoms with Crippen molar-refractivity contribution in [2.45, 2.75) is 13.2 Å². The average molecular weight is 555 g/mol. The smallest absolute Gasteiger partial charge is 0.271 e. The molecule has 210 valence electrons. The molecule has 0 saturated carbocycles. The first-order valence-electron chi connectivity index (χ1n) is 14.3. The van der Waals surface area contributed by atoms with Crippen LogP contribution in [0.2, 0.25) is 0 Å². The van der Waals surface area contributed by atoms with Gasteiger partial charge in [-0.3, -0.25) is 9.69 Å². The van der Waals surface area contributed by atoms with E-state index >= 15 is 0 Å². The van der Waals surface area contributed by atoms with Gasteiger partial charge < -0.3 is 9.64 Å². The van der Waals surface area contributed by atoms with E-state index in [9.17, 15) is 4.79 Å². The number of carbonyl (C=O) groups is 1. The third kappa shape index (κ3) is 7.03. The van der Waals surface area contributed by atoms with Gasteiger partial charge in [0, 0.05) is 44.0 Å².